The predicted molar refractivity (Wildman–Crippen MR) is 95.5 cm³/mol. The molecule has 1 aliphatic rings. The predicted octanol–water partition coefficient (Wildman–Crippen LogP) is 3.27. The summed E-state index contributed by atoms with van der Waals surface area (Å²) < 4.78 is 40.1. The van der Waals surface area contributed by atoms with Crippen molar-refractivity contribution in [1.82, 2.24) is 4.31 Å². The fourth-order valence-electron chi connectivity index (χ4n) is 2.93. The Morgan fingerprint density at radius 2 is 2.00 bits per heavy atom. The van der Waals surface area contributed by atoms with Crippen LogP contribution >= 0.6 is 11.3 Å². The van der Waals surface area contributed by atoms with Crippen LogP contribution < -0.4 is 0 Å². The molecule has 1 N–H and O–H groups in total. The molecular weight excluding hydrogens is 363 g/mol. The van der Waals surface area contributed by atoms with E-state index in [1.54, 1.807) is 24.6 Å². The van der Waals surface area contributed by atoms with Crippen LogP contribution in [-0.4, -0.2) is 37.2 Å². The van der Waals surface area contributed by atoms with Crippen LogP contribution in [0.25, 0.3) is 0 Å². The number of sulfonamides is 1. The standard InChI is InChI=1S/C17H19FN2O3S2/c1-20(10-9-12-5-7-13(18)8-6-12)25(22,23)16-11-24-17-14(16)3-2-4-15(17)19-21/h5-8,11,21H,2-4,9-10H2,1H3/b19-15-. The van der Waals surface area contributed by atoms with Crippen molar-refractivity contribution in [2.45, 2.75) is 30.6 Å². The third kappa shape index (κ3) is 3.61. The maximum Gasteiger partial charge on any atom is 0.243 e. The first kappa shape index (κ1) is 18.0. The Bertz CT molecular complexity index is 889. The first-order valence-electron chi connectivity index (χ1n) is 7.96. The van der Waals surface area contributed by atoms with Gasteiger partial charge in [-0.2, -0.15) is 0 Å². The number of benzene rings is 1. The molecule has 0 saturated carbocycles. The van der Waals surface area contributed by atoms with E-state index in [0.29, 0.717) is 36.4 Å². The van der Waals surface area contributed by atoms with Crippen molar-refractivity contribution >= 4 is 27.1 Å². The van der Waals surface area contributed by atoms with E-state index in [2.05, 4.69) is 5.16 Å². The minimum atomic E-state index is -3.61. The Morgan fingerprint density at radius 1 is 1.28 bits per heavy atom. The second-order valence-corrected chi connectivity index (χ2v) is 8.90. The zero-order chi connectivity index (χ0) is 18.0. The fraction of sp³-hybridized carbons (Fsp3) is 0.353. The first-order chi connectivity index (χ1) is 11.9. The minimum Gasteiger partial charge on any atom is -0.411 e. The highest BCUT2D eigenvalue weighted by atomic mass is 32.2. The van der Waals surface area contributed by atoms with Crippen molar-refractivity contribution < 1.29 is 18.0 Å². The van der Waals surface area contributed by atoms with Crippen LogP contribution in [0.15, 0.2) is 39.7 Å². The Morgan fingerprint density at radius 3 is 2.68 bits per heavy atom. The molecule has 5 nitrogen and oxygen atoms in total. The molecular formula is C17H19FN2O3S2. The lowest BCUT2D eigenvalue weighted by Crippen LogP contribution is -2.29. The van der Waals surface area contributed by atoms with Gasteiger partial charge in [-0.05, 0) is 48.9 Å². The summed E-state index contributed by atoms with van der Waals surface area (Å²) >= 11 is 1.31. The quantitative estimate of drug-likeness (QED) is 0.637. The highest BCUT2D eigenvalue weighted by molar-refractivity contribution is 7.89. The molecule has 0 aliphatic heterocycles. The molecule has 0 saturated heterocycles. The number of likely N-dealkylation sites (N-methyl/N-ethyl adjacent to an activating group) is 1. The van der Waals surface area contributed by atoms with Gasteiger partial charge in [0.2, 0.25) is 10.0 Å². The SMILES string of the molecule is CN(CCc1ccc(F)cc1)S(=O)(=O)c1csc2c1CCC/C2=N/O. The van der Waals surface area contributed by atoms with E-state index in [1.165, 1.54) is 27.8 Å². The molecule has 2 aromatic rings. The molecule has 1 heterocycles. The Labute approximate surface area is 150 Å². The van der Waals surface area contributed by atoms with Crippen LogP contribution in [0.1, 0.15) is 28.8 Å². The lowest BCUT2D eigenvalue weighted by molar-refractivity contribution is 0.317. The summed E-state index contributed by atoms with van der Waals surface area (Å²) in [6.45, 7) is 0.305. The highest BCUT2D eigenvalue weighted by Gasteiger charge is 2.30. The summed E-state index contributed by atoms with van der Waals surface area (Å²) in [7, 11) is -2.07. The van der Waals surface area contributed by atoms with Crippen molar-refractivity contribution in [3.8, 4) is 0 Å². The van der Waals surface area contributed by atoms with E-state index >= 15 is 0 Å². The molecule has 0 radical (unpaired) electrons. The molecule has 1 aromatic heterocycles. The van der Waals surface area contributed by atoms with Crippen LogP contribution in [0.5, 0.6) is 0 Å². The fourth-order valence-corrected chi connectivity index (χ4v) is 5.81. The number of fused-ring (bicyclic) bond motifs is 1. The molecule has 8 heteroatoms. The van der Waals surface area contributed by atoms with E-state index in [-0.39, 0.29) is 5.82 Å². The molecule has 1 aliphatic carbocycles. The molecule has 0 spiro atoms. The van der Waals surface area contributed by atoms with Crippen LogP contribution in [0.3, 0.4) is 0 Å². The van der Waals surface area contributed by atoms with Gasteiger partial charge in [0, 0.05) is 19.0 Å². The van der Waals surface area contributed by atoms with Gasteiger partial charge < -0.3 is 5.21 Å². The summed E-state index contributed by atoms with van der Waals surface area (Å²) in [6.07, 6.45) is 2.60. The summed E-state index contributed by atoms with van der Waals surface area (Å²) in [5.74, 6) is -0.309. The van der Waals surface area contributed by atoms with Crippen LogP contribution in [0.4, 0.5) is 4.39 Å². The Hall–Kier alpha value is -1.77. The van der Waals surface area contributed by atoms with E-state index < -0.39 is 10.0 Å². The number of thiophene rings is 1. The Kier molecular flexibility index (Phi) is 5.21. The van der Waals surface area contributed by atoms with E-state index in [4.69, 9.17) is 5.21 Å². The molecule has 0 amide bonds. The molecule has 0 unspecified atom stereocenters. The number of hydrogen-bond acceptors (Lipinski definition) is 5. The normalized spacial score (nSPS) is 16.4. The highest BCUT2D eigenvalue weighted by Crippen LogP contribution is 2.34. The third-order valence-electron chi connectivity index (χ3n) is 4.40. The van der Waals surface area contributed by atoms with Gasteiger partial charge in [-0.15, -0.1) is 11.3 Å². The van der Waals surface area contributed by atoms with Crippen molar-refractivity contribution in [3.63, 3.8) is 0 Å². The zero-order valence-electron chi connectivity index (χ0n) is 13.8. The molecule has 0 atom stereocenters. The topological polar surface area (TPSA) is 70.0 Å². The number of rotatable bonds is 5. The van der Waals surface area contributed by atoms with Crippen molar-refractivity contribution in [1.29, 1.82) is 0 Å². The molecule has 25 heavy (non-hydrogen) atoms. The molecule has 1 aromatic carbocycles. The zero-order valence-corrected chi connectivity index (χ0v) is 15.4. The van der Waals surface area contributed by atoms with Crippen LogP contribution in [0.2, 0.25) is 0 Å². The number of nitrogens with zero attached hydrogens (tertiary/aromatic N) is 2. The third-order valence-corrected chi connectivity index (χ3v) is 7.54. The van der Waals surface area contributed by atoms with Gasteiger partial charge in [-0.25, -0.2) is 17.1 Å². The lowest BCUT2D eigenvalue weighted by atomic mass is 9.98. The maximum atomic E-state index is 12.9. The van der Waals surface area contributed by atoms with Gasteiger partial charge >= 0.3 is 0 Å². The van der Waals surface area contributed by atoms with Gasteiger partial charge in [0.15, 0.2) is 0 Å². The smallest absolute Gasteiger partial charge is 0.243 e. The van der Waals surface area contributed by atoms with Gasteiger partial charge in [0.1, 0.15) is 5.82 Å². The van der Waals surface area contributed by atoms with Gasteiger partial charge in [-0.3, -0.25) is 0 Å². The van der Waals surface area contributed by atoms with Crippen LogP contribution in [0, 0.1) is 5.82 Å². The van der Waals surface area contributed by atoms with Crippen molar-refractivity contribution in [3.05, 3.63) is 51.5 Å². The molecule has 0 fully saturated rings. The van der Waals surface area contributed by atoms with Gasteiger partial charge in [-0.1, -0.05) is 17.3 Å². The van der Waals surface area contributed by atoms with Crippen molar-refractivity contribution in [2.75, 3.05) is 13.6 Å². The maximum absolute atomic E-state index is 12.9. The number of halogens is 1. The summed E-state index contributed by atoms with van der Waals surface area (Å²) in [5.41, 5.74) is 2.19. The number of hydrogen-bond donors (Lipinski definition) is 1. The largest absolute Gasteiger partial charge is 0.411 e. The van der Waals surface area contributed by atoms with Gasteiger partial charge in [0.05, 0.1) is 15.5 Å². The lowest BCUT2D eigenvalue weighted by Gasteiger charge is -2.19. The molecule has 3 rings (SSSR count). The number of oxime groups is 1. The summed E-state index contributed by atoms with van der Waals surface area (Å²) in [4.78, 5) is 1.06. The van der Waals surface area contributed by atoms with Crippen LogP contribution in [-0.2, 0) is 22.9 Å². The minimum absolute atomic E-state index is 0.301. The average molecular weight is 382 g/mol. The molecule has 134 valence electrons. The van der Waals surface area contributed by atoms with E-state index in [9.17, 15) is 12.8 Å². The molecule has 0 bridgehead atoms. The first-order valence-corrected chi connectivity index (χ1v) is 10.3. The average Bonchev–Trinajstić information content (AvgIpc) is 3.05. The van der Waals surface area contributed by atoms with E-state index in [0.717, 1.165) is 22.4 Å². The van der Waals surface area contributed by atoms with E-state index in [1.807, 2.05) is 0 Å². The Balaban J connectivity index is 1.79. The second-order valence-electron chi connectivity index (χ2n) is 6.01. The monoisotopic (exact) mass is 382 g/mol. The van der Waals surface area contributed by atoms with Crippen molar-refractivity contribution in [2.24, 2.45) is 5.16 Å². The second kappa shape index (κ2) is 7.23. The van der Waals surface area contributed by atoms with Gasteiger partial charge in [0.25, 0.3) is 0 Å². The summed E-state index contributed by atoms with van der Waals surface area (Å²) in [5, 5.41) is 14.0. The summed E-state index contributed by atoms with van der Waals surface area (Å²) in [6, 6.07) is 6.06.